The summed E-state index contributed by atoms with van der Waals surface area (Å²) >= 11 is 0. The van der Waals surface area contributed by atoms with E-state index in [0.29, 0.717) is 0 Å². The summed E-state index contributed by atoms with van der Waals surface area (Å²) in [5.74, 6) is -3.69. The molecule has 28 heavy (non-hydrogen) atoms. The van der Waals surface area contributed by atoms with Crippen molar-refractivity contribution in [3.05, 3.63) is 73.9 Å². The van der Waals surface area contributed by atoms with E-state index in [4.69, 9.17) is 10.2 Å². The van der Waals surface area contributed by atoms with Gasteiger partial charge < -0.3 is 19.7 Å². The normalized spacial score (nSPS) is 10.4. The Morgan fingerprint density at radius 3 is 1.18 bits per heavy atom. The highest BCUT2D eigenvalue weighted by Crippen LogP contribution is 2.14. The third-order valence-corrected chi connectivity index (χ3v) is 2.62. The maximum Gasteiger partial charge on any atom is 0.332 e. The smallest absolute Gasteiger partial charge is 0.332 e. The molecule has 0 aliphatic carbocycles. The molecule has 0 unspecified atom stereocenters. The van der Waals surface area contributed by atoms with Gasteiger partial charge in [-0.1, -0.05) is 37.5 Å². The van der Waals surface area contributed by atoms with Crippen molar-refractivity contribution < 1.29 is 38.9 Å². The third kappa shape index (κ3) is 13.6. The van der Waals surface area contributed by atoms with Gasteiger partial charge in [-0.15, -0.1) is 13.2 Å². The summed E-state index contributed by atoms with van der Waals surface area (Å²) in [4.78, 5) is 43.0. The number of esters is 2. The standard InChI is InChI=1S/2C10H12O4/c1-3-7-13-9(11)5-6-10(12)14-8-4-2;1-3-5-7(9(11)12)8(6-4-2)10(13)14/h3-6H,1-2,7-8H2;3-4H,1-2,5-6H2,(H,11,12)(H,13,14). The van der Waals surface area contributed by atoms with Gasteiger partial charge in [0.15, 0.2) is 0 Å². The summed E-state index contributed by atoms with van der Waals surface area (Å²) in [5, 5.41) is 17.5. The molecule has 0 amide bonds. The number of rotatable bonds is 12. The van der Waals surface area contributed by atoms with E-state index < -0.39 is 23.9 Å². The molecule has 2 N–H and O–H groups in total. The lowest BCUT2D eigenvalue weighted by Crippen LogP contribution is -2.10. The zero-order valence-corrected chi connectivity index (χ0v) is 15.5. The Kier molecular flexibility index (Phi) is 15.9. The Balaban J connectivity index is 0. The molecule has 0 aromatic rings. The summed E-state index contributed by atoms with van der Waals surface area (Å²) < 4.78 is 9.15. The van der Waals surface area contributed by atoms with Gasteiger partial charge >= 0.3 is 23.9 Å². The molecule has 0 saturated heterocycles. The van der Waals surface area contributed by atoms with Crippen molar-refractivity contribution >= 4 is 23.9 Å². The Morgan fingerprint density at radius 1 is 0.643 bits per heavy atom. The van der Waals surface area contributed by atoms with Gasteiger partial charge in [-0.25, -0.2) is 19.2 Å². The van der Waals surface area contributed by atoms with Gasteiger partial charge in [0.2, 0.25) is 0 Å². The molecule has 0 aliphatic heterocycles. The molecule has 0 aromatic carbocycles. The van der Waals surface area contributed by atoms with E-state index in [-0.39, 0.29) is 37.2 Å². The number of ether oxygens (including phenoxy) is 2. The Hall–Kier alpha value is -3.68. The van der Waals surface area contributed by atoms with E-state index >= 15 is 0 Å². The van der Waals surface area contributed by atoms with Crippen molar-refractivity contribution in [2.24, 2.45) is 0 Å². The highest BCUT2D eigenvalue weighted by Gasteiger charge is 2.17. The fraction of sp³-hybridized carbons (Fsp3) is 0.200. The van der Waals surface area contributed by atoms with Crippen molar-refractivity contribution in [2.45, 2.75) is 12.8 Å². The lowest BCUT2D eigenvalue weighted by atomic mass is 10.0. The molecule has 8 nitrogen and oxygen atoms in total. The van der Waals surface area contributed by atoms with Crippen LogP contribution in [-0.4, -0.2) is 47.3 Å². The van der Waals surface area contributed by atoms with Crippen LogP contribution < -0.4 is 0 Å². The number of carbonyl (C=O) groups is 4. The van der Waals surface area contributed by atoms with Gasteiger partial charge in [0.1, 0.15) is 13.2 Å². The van der Waals surface area contributed by atoms with Crippen LogP contribution in [0.5, 0.6) is 0 Å². The number of aliphatic carboxylic acids is 2. The molecule has 8 heteroatoms. The van der Waals surface area contributed by atoms with E-state index in [9.17, 15) is 19.2 Å². The van der Waals surface area contributed by atoms with Crippen LogP contribution in [0.2, 0.25) is 0 Å². The second kappa shape index (κ2) is 16.8. The van der Waals surface area contributed by atoms with Gasteiger partial charge in [0.25, 0.3) is 0 Å². The molecule has 0 saturated carbocycles. The van der Waals surface area contributed by atoms with Crippen molar-refractivity contribution in [1.29, 1.82) is 0 Å². The molecule has 0 rings (SSSR count). The summed E-state index contributed by atoms with van der Waals surface area (Å²) in [6.07, 6.45) is 7.63. The fourth-order valence-corrected chi connectivity index (χ4v) is 1.48. The molecule has 0 aromatic heterocycles. The quantitative estimate of drug-likeness (QED) is 0.295. The minimum absolute atomic E-state index is 0.0325. The first kappa shape index (κ1) is 26.5. The predicted molar refractivity (Wildman–Crippen MR) is 103 cm³/mol. The average molecular weight is 392 g/mol. The Morgan fingerprint density at radius 2 is 0.964 bits per heavy atom. The monoisotopic (exact) mass is 392 g/mol. The van der Waals surface area contributed by atoms with Crippen LogP contribution in [-0.2, 0) is 28.7 Å². The van der Waals surface area contributed by atoms with Gasteiger partial charge in [-0.3, -0.25) is 0 Å². The van der Waals surface area contributed by atoms with Crippen LogP contribution in [0.15, 0.2) is 73.9 Å². The summed E-state index contributed by atoms with van der Waals surface area (Å²) in [6.45, 7) is 13.7. The molecule has 0 bridgehead atoms. The molecular formula is C20H24O8. The van der Waals surface area contributed by atoms with Crippen LogP contribution in [0.3, 0.4) is 0 Å². The molecule has 0 radical (unpaired) electrons. The van der Waals surface area contributed by atoms with E-state index in [1.54, 1.807) is 0 Å². The van der Waals surface area contributed by atoms with Gasteiger partial charge in [-0.05, 0) is 12.8 Å². The van der Waals surface area contributed by atoms with Crippen LogP contribution in [0.4, 0.5) is 0 Å². The third-order valence-electron chi connectivity index (χ3n) is 2.62. The highest BCUT2D eigenvalue weighted by atomic mass is 16.5. The number of carboxylic acid groups (broad SMARTS) is 2. The van der Waals surface area contributed by atoms with E-state index in [0.717, 1.165) is 12.2 Å². The lowest BCUT2D eigenvalue weighted by molar-refractivity contribution is -0.139. The van der Waals surface area contributed by atoms with Gasteiger partial charge in [-0.2, -0.15) is 0 Å². The number of allylic oxidation sites excluding steroid dienone is 2. The molecule has 0 fully saturated rings. The molecule has 0 atom stereocenters. The van der Waals surface area contributed by atoms with Crippen LogP contribution >= 0.6 is 0 Å². The van der Waals surface area contributed by atoms with Crippen molar-refractivity contribution in [1.82, 2.24) is 0 Å². The van der Waals surface area contributed by atoms with E-state index in [2.05, 4.69) is 35.8 Å². The van der Waals surface area contributed by atoms with E-state index in [1.807, 2.05) is 0 Å². The summed E-state index contributed by atoms with van der Waals surface area (Å²) in [7, 11) is 0. The maximum absolute atomic E-state index is 10.8. The average Bonchev–Trinajstić information content (AvgIpc) is 2.65. The van der Waals surface area contributed by atoms with E-state index in [1.165, 1.54) is 24.3 Å². The molecule has 152 valence electrons. The van der Waals surface area contributed by atoms with Crippen LogP contribution in [0, 0.1) is 0 Å². The SMILES string of the molecule is C=CCC(C(=O)O)=C(CC=C)C(=O)O.C=CCOC(=O)C=CC(=O)OCC=C. The number of hydrogen-bond acceptors (Lipinski definition) is 6. The summed E-state index contributed by atoms with van der Waals surface area (Å²) in [6, 6.07) is 0. The number of carbonyl (C=O) groups excluding carboxylic acids is 2. The molecule has 0 aliphatic rings. The van der Waals surface area contributed by atoms with Crippen LogP contribution in [0.25, 0.3) is 0 Å². The van der Waals surface area contributed by atoms with Crippen LogP contribution in [0.1, 0.15) is 12.8 Å². The predicted octanol–water partition coefficient (Wildman–Crippen LogP) is 2.61. The zero-order chi connectivity index (χ0) is 21.9. The van der Waals surface area contributed by atoms with Gasteiger partial charge in [0.05, 0.1) is 11.1 Å². The van der Waals surface area contributed by atoms with Crippen molar-refractivity contribution in [3.63, 3.8) is 0 Å². The summed E-state index contributed by atoms with van der Waals surface area (Å²) in [5.41, 5.74) is -0.292. The first-order chi connectivity index (χ1) is 13.2. The van der Waals surface area contributed by atoms with Crippen molar-refractivity contribution in [3.8, 4) is 0 Å². The minimum Gasteiger partial charge on any atom is -0.478 e. The first-order valence-electron chi connectivity index (χ1n) is 7.88. The highest BCUT2D eigenvalue weighted by molar-refractivity contribution is 5.99. The Labute approximate surface area is 163 Å². The number of carboxylic acids is 2. The second-order valence-electron chi connectivity index (χ2n) is 4.72. The zero-order valence-electron chi connectivity index (χ0n) is 15.5. The minimum atomic E-state index is -1.23. The fourth-order valence-electron chi connectivity index (χ4n) is 1.48. The second-order valence-corrected chi connectivity index (χ2v) is 4.72. The first-order valence-corrected chi connectivity index (χ1v) is 7.88. The van der Waals surface area contributed by atoms with Crippen molar-refractivity contribution in [2.75, 3.05) is 13.2 Å². The molecule has 0 heterocycles. The molecular weight excluding hydrogens is 368 g/mol. The lowest BCUT2D eigenvalue weighted by Gasteiger charge is -2.04. The molecule has 0 spiro atoms. The van der Waals surface area contributed by atoms with Gasteiger partial charge in [0, 0.05) is 12.2 Å². The topological polar surface area (TPSA) is 127 Å². The largest absolute Gasteiger partial charge is 0.478 e. The number of hydrogen-bond donors (Lipinski definition) is 2. The maximum atomic E-state index is 10.8. The Bertz CT molecular complexity index is 612.